The van der Waals surface area contributed by atoms with Crippen LogP contribution in [0.1, 0.15) is 42.7 Å². The summed E-state index contributed by atoms with van der Waals surface area (Å²) in [5, 5.41) is 3.41. The first kappa shape index (κ1) is 26.7. The van der Waals surface area contributed by atoms with E-state index in [0.29, 0.717) is 60.1 Å². The molecule has 0 aromatic heterocycles. The summed E-state index contributed by atoms with van der Waals surface area (Å²) >= 11 is 6.49. The zero-order valence-electron chi connectivity index (χ0n) is 21.4. The summed E-state index contributed by atoms with van der Waals surface area (Å²) in [5.41, 5.74) is 2.29. The number of nitrogens with zero attached hydrogens (tertiary/aromatic N) is 3. The molecule has 1 saturated heterocycles. The lowest BCUT2D eigenvalue weighted by Gasteiger charge is -2.43. The Morgan fingerprint density at radius 2 is 1.76 bits per heavy atom. The number of hydrogen-bond acceptors (Lipinski definition) is 5. The van der Waals surface area contributed by atoms with E-state index in [9.17, 15) is 14.4 Å². The molecule has 2 aromatic carbocycles. The molecule has 1 N–H and O–H groups in total. The Bertz CT molecular complexity index is 1190. The lowest BCUT2D eigenvalue weighted by molar-refractivity contribution is -0.139. The number of carbonyl (C=O) groups excluding carboxylic acids is 3. The van der Waals surface area contributed by atoms with Crippen LogP contribution in [0, 0.1) is 0 Å². The van der Waals surface area contributed by atoms with Crippen molar-refractivity contribution in [2.75, 3.05) is 39.3 Å². The molecule has 0 bridgehead atoms. The molecule has 8 nitrogen and oxygen atoms in total. The van der Waals surface area contributed by atoms with Crippen LogP contribution in [0.4, 0.5) is 4.79 Å². The van der Waals surface area contributed by atoms with E-state index in [1.165, 1.54) is 0 Å². The second-order valence-corrected chi connectivity index (χ2v) is 9.59. The van der Waals surface area contributed by atoms with Crippen molar-refractivity contribution in [2.45, 2.75) is 32.9 Å². The maximum Gasteiger partial charge on any atom is 0.338 e. The van der Waals surface area contributed by atoms with E-state index in [1.54, 1.807) is 24.0 Å². The van der Waals surface area contributed by atoms with E-state index in [1.807, 2.05) is 61.2 Å². The number of halogens is 1. The number of benzene rings is 2. The van der Waals surface area contributed by atoms with Gasteiger partial charge >= 0.3 is 12.0 Å². The highest BCUT2D eigenvalue weighted by molar-refractivity contribution is 6.31. The maximum atomic E-state index is 13.3. The Balaban J connectivity index is 1.64. The average Bonchev–Trinajstić information content (AvgIpc) is 2.89. The first-order valence-corrected chi connectivity index (χ1v) is 13.0. The van der Waals surface area contributed by atoms with Gasteiger partial charge in [-0.15, -0.1) is 0 Å². The molecular formula is C28H33ClN4O4. The molecule has 1 fully saturated rings. The molecule has 196 valence electrons. The molecule has 2 aromatic rings. The van der Waals surface area contributed by atoms with Crippen molar-refractivity contribution in [3.63, 3.8) is 0 Å². The first-order chi connectivity index (χ1) is 17.8. The van der Waals surface area contributed by atoms with Crippen molar-refractivity contribution >= 4 is 29.5 Å². The van der Waals surface area contributed by atoms with Crippen LogP contribution in [-0.4, -0.2) is 78.0 Å². The molecule has 9 heteroatoms. The minimum atomic E-state index is -0.726. The predicted molar refractivity (Wildman–Crippen MR) is 142 cm³/mol. The van der Waals surface area contributed by atoms with E-state index in [2.05, 4.69) is 10.2 Å². The highest BCUT2D eigenvalue weighted by atomic mass is 35.5. The van der Waals surface area contributed by atoms with Crippen LogP contribution in [-0.2, 0) is 9.53 Å². The zero-order valence-corrected chi connectivity index (χ0v) is 22.2. The third-order valence-corrected chi connectivity index (χ3v) is 7.18. The van der Waals surface area contributed by atoms with Gasteiger partial charge in [-0.2, -0.15) is 0 Å². The first-order valence-electron chi connectivity index (χ1n) is 12.7. The molecule has 0 aliphatic carbocycles. The fourth-order valence-corrected chi connectivity index (χ4v) is 5.28. The van der Waals surface area contributed by atoms with Crippen LogP contribution in [0.25, 0.3) is 0 Å². The summed E-state index contributed by atoms with van der Waals surface area (Å²) in [4.78, 5) is 45.2. The van der Waals surface area contributed by atoms with Crippen LogP contribution in [0.5, 0.6) is 0 Å². The fourth-order valence-electron chi connectivity index (χ4n) is 5.04. The van der Waals surface area contributed by atoms with Gasteiger partial charge in [0.1, 0.15) is 0 Å². The summed E-state index contributed by atoms with van der Waals surface area (Å²) in [7, 11) is 0. The summed E-state index contributed by atoms with van der Waals surface area (Å²) < 4.78 is 5.45. The number of ether oxygens (including phenoxy) is 1. The molecule has 2 heterocycles. The normalized spacial score (nSPS) is 20.6. The highest BCUT2D eigenvalue weighted by Gasteiger charge is 2.39. The average molecular weight is 525 g/mol. The Morgan fingerprint density at radius 1 is 1.05 bits per heavy atom. The maximum absolute atomic E-state index is 13.3. The smallest absolute Gasteiger partial charge is 0.338 e. The van der Waals surface area contributed by atoms with E-state index in [4.69, 9.17) is 16.3 Å². The van der Waals surface area contributed by atoms with Crippen molar-refractivity contribution in [1.29, 1.82) is 0 Å². The van der Waals surface area contributed by atoms with Crippen LogP contribution >= 0.6 is 11.6 Å². The molecule has 0 spiro atoms. The van der Waals surface area contributed by atoms with Gasteiger partial charge in [0.2, 0.25) is 0 Å². The van der Waals surface area contributed by atoms with E-state index in [0.717, 1.165) is 0 Å². The van der Waals surface area contributed by atoms with E-state index >= 15 is 0 Å². The summed E-state index contributed by atoms with van der Waals surface area (Å²) in [5.74, 6) is -0.475. The van der Waals surface area contributed by atoms with E-state index < -0.39 is 12.0 Å². The standard InChI is InChI=1S/C28H33ClN4O4/c1-4-32-23(18-31-15-16-33(19(3)17-31)26(34)20-11-7-6-8-12-20)24(27(35)37-5-2)25(30-28(32)36)21-13-9-10-14-22(21)29/h6-14,19,25H,4-5,15-18H2,1-3H3,(H,30,36)/t19-,25-/m0/s1. The summed E-state index contributed by atoms with van der Waals surface area (Å²) in [6.07, 6.45) is 0. The van der Waals surface area contributed by atoms with Gasteiger partial charge in [-0.1, -0.05) is 48.0 Å². The number of rotatable bonds is 7. The van der Waals surface area contributed by atoms with Crippen molar-refractivity contribution < 1.29 is 19.1 Å². The number of esters is 1. The topological polar surface area (TPSA) is 82.2 Å². The van der Waals surface area contributed by atoms with Gasteiger partial charge in [0.05, 0.1) is 18.2 Å². The van der Waals surface area contributed by atoms with Crippen molar-refractivity contribution in [2.24, 2.45) is 0 Å². The van der Waals surface area contributed by atoms with Gasteiger partial charge in [-0.25, -0.2) is 9.59 Å². The van der Waals surface area contributed by atoms with Gasteiger partial charge in [0.15, 0.2) is 0 Å². The van der Waals surface area contributed by atoms with Gasteiger partial charge in [0.25, 0.3) is 5.91 Å². The molecule has 0 saturated carbocycles. The van der Waals surface area contributed by atoms with Crippen LogP contribution < -0.4 is 5.32 Å². The third kappa shape index (κ3) is 5.65. The molecule has 0 unspecified atom stereocenters. The Labute approximate surface area is 222 Å². The minimum Gasteiger partial charge on any atom is -0.463 e. The second kappa shape index (κ2) is 11.8. The Hall–Kier alpha value is -3.36. The molecular weight excluding hydrogens is 492 g/mol. The molecule has 0 radical (unpaired) electrons. The Morgan fingerprint density at radius 3 is 2.41 bits per heavy atom. The Kier molecular flexibility index (Phi) is 8.51. The van der Waals surface area contributed by atoms with Gasteiger partial charge in [-0.3, -0.25) is 14.6 Å². The van der Waals surface area contributed by atoms with Crippen LogP contribution in [0.2, 0.25) is 5.02 Å². The number of piperazine rings is 1. The van der Waals surface area contributed by atoms with Crippen molar-refractivity contribution in [3.8, 4) is 0 Å². The van der Waals surface area contributed by atoms with Gasteiger partial charge < -0.3 is 15.0 Å². The summed E-state index contributed by atoms with van der Waals surface area (Å²) in [6, 6.07) is 15.4. The van der Waals surface area contributed by atoms with Crippen LogP contribution in [0.15, 0.2) is 65.9 Å². The molecule has 2 aliphatic heterocycles. The van der Waals surface area contributed by atoms with Gasteiger partial charge in [0, 0.05) is 55.0 Å². The highest BCUT2D eigenvalue weighted by Crippen LogP contribution is 2.35. The molecule has 3 amide bonds. The van der Waals surface area contributed by atoms with Gasteiger partial charge in [-0.05, 0) is 44.5 Å². The fraction of sp³-hybridized carbons (Fsp3) is 0.393. The number of amides is 3. The number of hydrogen-bond donors (Lipinski definition) is 1. The van der Waals surface area contributed by atoms with Crippen molar-refractivity contribution in [1.82, 2.24) is 20.0 Å². The summed E-state index contributed by atoms with van der Waals surface area (Å²) in [6.45, 7) is 8.38. The van der Waals surface area contributed by atoms with E-state index in [-0.39, 0.29) is 24.6 Å². The predicted octanol–water partition coefficient (Wildman–Crippen LogP) is 4.09. The minimum absolute atomic E-state index is 0.00481. The second-order valence-electron chi connectivity index (χ2n) is 9.18. The quantitative estimate of drug-likeness (QED) is 0.552. The number of urea groups is 1. The monoisotopic (exact) mass is 524 g/mol. The third-order valence-electron chi connectivity index (χ3n) is 6.83. The SMILES string of the molecule is CCOC(=O)C1=C(CN2CCN(C(=O)c3ccccc3)[C@@H](C)C2)N(CC)C(=O)N[C@H]1c1ccccc1Cl. The number of likely N-dealkylation sites (N-methyl/N-ethyl adjacent to an activating group) is 1. The molecule has 2 aliphatic rings. The zero-order chi connectivity index (χ0) is 26.5. The van der Waals surface area contributed by atoms with Crippen LogP contribution in [0.3, 0.4) is 0 Å². The lowest BCUT2D eigenvalue weighted by Crippen LogP contribution is -2.56. The lowest BCUT2D eigenvalue weighted by atomic mass is 9.94. The number of nitrogens with one attached hydrogen (secondary N) is 1. The number of carbonyl (C=O) groups is 3. The molecule has 4 rings (SSSR count). The largest absolute Gasteiger partial charge is 0.463 e. The molecule has 37 heavy (non-hydrogen) atoms. The van der Waals surface area contributed by atoms with Crippen molar-refractivity contribution in [3.05, 3.63) is 82.0 Å². The molecule has 2 atom stereocenters.